The quantitative estimate of drug-likeness (QED) is 0.544. The summed E-state index contributed by atoms with van der Waals surface area (Å²) in [5, 5.41) is 11.6. The summed E-state index contributed by atoms with van der Waals surface area (Å²) in [6.45, 7) is 0. The van der Waals surface area contributed by atoms with E-state index >= 15 is 0 Å². The summed E-state index contributed by atoms with van der Waals surface area (Å²) in [7, 11) is 0. The zero-order valence-corrected chi connectivity index (χ0v) is 12.0. The van der Waals surface area contributed by atoms with Crippen molar-refractivity contribution in [1.29, 1.82) is 0 Å². The summed E-state index contributed by atoms with van der Waals surface area (Å²) >= 11 is 11.6. The molecule has 0 amide bonds. The standard InChI is InChI=1S/C13H6Cl2F3NO3/c14-8-3-7(4-9(15)5-8)11-2-1-10(22-13(16,17)18)6-12(11)19(20)21/h1-6H. The predicted molar refractivity (Wildman–Crippen MR) is 75.2 cm³/mol. The van der Waals surface area contributed by atoms with Gasteiger partial charge in [-0.25, -0.2) is 0 Å². The van der Waals surface area contributed by atoms with Gasteiger partial charge in [-0.1, -0.05) is 23.2 Å². The minimum Gasteiger partial charge on any atom is -0.406 e. The van der Waals surface area contributed by atoms with Gasteiger partial charge in [0.2, 0.25) is 0 Å². The van der Waals surface area contributed by atoms with Crippen molar-refractivity contribution in [2.45, 2.75) is 6.36 Å². The Balaban J connectivity index is 2.54. The Labute approximate surface area is 132 Å². The van der Waals surface area contributed by atoms with E-state index in [1.165, 1.54) is 18.2 Å². The number of nitro benzene ring substituents is 1. The average molecular weight is 352 g/mol. The molecule has 0 atom stereocenters. The summed E-state index contributed by atoms with van der Waals surface area (Å²) < 4.78 is 40.2. The second kappa shape index (κ2) is 6.02. The molecule has 0 radical (unpaired) electrons. The third-order valence-corrected chi connectivity index (χ3v) is 3.01. The summed E-state index contributed by atoms with van der Waals surface area (Å²) in [6.07, 6.45) is -4.94. The smallest absolute Gasteiger partial charge is 0.406 e. The first-order valence-corrected chi connectivity index (χ1v) is 6.42. The Hall–Kier alpha value is -1.99. The van der Waals surface area contributed by atoms with Gasteiger partial charge in [0.15, 0.2) is 0 Å². The molecular weight excluding hydrogens is 346 g/mol. The fraction of sp³-hybridized carbons (Fsp3) is 0.0769. The highest BCUT2D eigenvalue weighted by Crippen LogP contribution is 2.36. The van der Waals surface area contributed by atoms with Crippen molar-refractivity contribution in [3.8, 4) is 16.9 Å². The Kier molecular flexibility index (Phi) is 4.48. The van der Waals surface area contributed by atoms with Crippen LogP contribution in [0.25, 0.3) is 11.1 Å². The van der Waals surface area contributed by atoms with E-state index in [-0.39, 0.29) is 15.6 Å². The van der Waals surface area contributed by atoms with Crippen molar-refractivity contribution in [3.63, 3.8) is 0 Å². The zero-order chi connectivity index (χ0) is 16.5. The summed E-state index contributed by atoms with van der Waals surface area (Å²) in [6, 6.07) is 7.07. The maximum atomic E-state index is 12.2. The maximum absolute atomic E-state index is 12.2. The van der Waals surface area contributed by atoms with E-state index < -0.39 is 22.7 Å². The number of alkyl halides is 3. The summed E-state index contributed by atoms with van der Waals surface area (Å²) in [4.78, 5) is 10.3. The first kappa shape index (κ1) is 16.4. The van der Waals surface area contributed by atoms with Crippen LogP contribution < -0.4 is 4.74 Å². The Morgan fingerprint density at radius 1 is 1.05 bits per heavy atom. The van der Waals surface area contributed by atoms with E-state index in [9.17, 15) is 23.3 Å². The molecule has 0 aliphatic heterocycles. The van der Waals surface area contributed by atoms with Crippen LogP contribution in [0.15, 0.2) is 36.4 Å². The van der Waals surface area contributed by atoms with Gasteiger partial charge < -0.3 is 4.74 Å². The normalized spacial score (nSPS) is 11.3. The molecule has 0 saturated heterocycles. The maximum Gasteiger partial charge on any atom is 0.573 e. The van der Waals surface area contributed by atoms with E-state index in [1.807, 2.05) is 0 Å². The van der Waals surface area contributed by atoms with E-state index in [4.69, 9.17) is 23.2 Å². The molecule has 0 unspecified atom stereocenters. The third-order valence-electron chi connectivity index (χ3n) is 2.57. The SMILES string of the molecule is O=[N+]([O-])c1cc(OC(F)(F)F)ccc1-c1cc(Cl)cc(Cl)c1. The molecular formula is C13H6Cl2F3NO3. The molecule has 0 aliphatic rings. The van der Waals surface area contributed by atoms with E-state index in [0.29, 0.717) is 11.6 Å². The lowest BCUT2D eigenvalue weighted by atomic mass is 10.0. The molecule has 0 aliphatic carbocycles. The van der Waals surface area contributed by atoms with Gasteiger partial charge in [0.25, 0.3) is 5.69 Å². The number of hydrogen-bond acceptors (Lipinski definition) is 3. The second-order valence-corrected chi connectivity index (χ2v) is 5.01. The number of nitro groups is 1. The number of benzene rings is 2. The van der Waals surface area contributed by atoms with Crippen LogP contribution >= 0.6 is 23.2 Å². The van der Waals surface area contributed by atoms with Crippen LogP contribution in [0, 0.1) is 10.1 Å². The van der Waals surface area contributed by atoms with Crippen LogP contribution in [-0.4, -0.2) is 11.3 Å². The lowest BCUT2D eigenvalue weighted by Crippen LogP contribution is -2.17. The number of ether oxygens (including phenoxy) is 1. The molecule has 9 heteroatoms. The van der Waals surface area contributed by atoms with Gasteiger partial charge in [-0.3, -0.25) is 10.1 Å². The molecule has 0 aromatic heterocycles. The van der Waals surface area contributed by atoms with Gasteiger partial charge in [-0.2, -0.15) is 0 Å². The topological polar surface area (TPSA) is 52.4 Å². The van der Waals surface area contributed by atoms with E-state index in [0.717, 1.165) is 12.1 Å². The predicted octanol–water partition coefficient (Wildman–Crippen LogP) is 5.47. The largest absolute Gasteiger partial charge is 0.573 e. The van der Waals surface area contributed by atoms with Crippen molar-refractivity contribution < 1.29 is 22.8 Å². The molecule has 0 N–H and O–H groups in total. The molecule has 0 bridgehead atoms. The van der Waals surface area contributed by atoms with Crippen molar-refractivity contribution in [1.82, 2.24) is 0 Å². The van der Waals surface area contributed by atoms with Crippen molar-refractivity contribution in [3.05, 3.63) is 56.6 Å². The Bertz CT molecular complexity index is 715. The van der Waals surface area contributed by atoms with Crippen LogP contribution in [0.3, 0.4) is 0 Å². The van der Waals surface area contributed by atoms with Crippen LogP contribution in [-0.2, 0) is 0 Å². The highest BCUT2D eigenvalue weighted by Gasteiger charge is 2.32. The number of hydrogen-bond donors (Lipinski definition) is 0. The van der Waals surface area contributed by atoms with Gasteiger partial charge in [0.1, 0.15) is 5.75 Å². The molecule has 2 rings (SSSR count). The van der Waals surface area contributed by atoms with Gasteiger partial charge in [0.05, 0.1) is 16.6 Å². The van der Waals surface area contributed by atoms with Gasteiger partial charge in [-0.05, 0) is 35.9 Å². The van der Waals surface area contributed by atoms with Gasteiger partial charge in [-0.15, -0.1) is 13.2 Å². The molecule has 116 valence electrons. The summed E-state index contributed by atoms with van der Waals surface area (Å²) in [5.74, 6) is -0.684. The molecule has 0 spiro atoms. The van der Waals surface area contributed by atoms with Crippen LogP contribution in [0.2, 0.25) is 10.0 Å². The van der Waals surface area contributed by atoms with Crippen LogP contribution in [0.4, 0.5) is 18.9 Å². The highest BCUT2D eigenvalue weighted by atomic mass is 35.5. The molecule has 0 saturated carbocycles. The van der Waals surface area contributed by atoms with Gasteiger partial charge in [0, 0.05) is 10.0 Å². The van der Waals surface area contributed by atoms with Crippen LogP contribution in [0.5, 0.6) is 5.75 Å². The Morgan fingerprint density at radius 3 is 2.14 bits per heavy atom. The lowest BCUT2D eigenvalue weighted by Gasteiger charge is -2.10. The lowest BCUT2D eigenvalue weighted by molar-refractivity contribution is -0.384. The summed E-state index contributed by atoms with van der Waals surface area (Å²) in [5.41, 5.74) is -0.174. The molecule has 0 fully saturated rings. The van der Waals surface area contributed by atoms with Crippen molar-refractivity contribution >= 4 is 28.9 Å². The first-order valence-electron chi connectivity index (χ1n) is 5.66. The molecule has 4 nitrogen and oxygen atoms in total. The highest BCUT2D eigenvalue weighted by molar-refractivity contribution is 6.35. The Morgan fingerprint density at radius 2 is 1.64 bits per heavy atom. The minimum absolute atomic E-state index is 0.0731. The third kappa shape index (κ3) is 4.02. The fourth-order valence-corrected chi connectivity index (χ4v) is 2.34. The molecule has 2 aromatic rings. The average Bonchev–Trinajstić information content (AvgIpc) is 2.35. The monoisotopic (exact) mass is 351 g/mol. The minimum atomic E-state index is -4.94. The van der Waals surface area contributed by atoms with E-state index in [2.05, 4.69) is 4.74 Å². The van der Waals surface area contributed by atoms with Crippen LogP contribution in [0.1, 0.15) is 0 Å². The number of halogens is 5. The van der Waals surface area contributed by atoms with Crippen molar-refractivity contribution in [2.75, 3.05) is 0 Å². The molecule has 0 heterocycles. The first-order chi connectivity index (χ1) is 10.2. The molecule has 2 aromatic carbocycles. The van der Waals surface area contributed by atoms with E-state index in [1.54, 1.807) is 0 Å². The van der Waals surface area contributed by atoms with Crippen molar-refractivity contribution in [2.24, 2.45) is 0 Å². The second-order valence-electron chi connectivity index (χ2n) is 4.14. The zero-order valence-electron chi connectivity index (χ0n) is 10.5. The number of nitrogens with zero attached hydrogens (tertiary/aromatic N) is 1. The van der Waals surface area contributed by atoms with Gasteiger partial charge >= 0.3 is 6.36 Å². The molecule has 22 heavy (non-hydrogen) atoms. The fourth-order valence-electron chi connectivity index (χ4n) is 1.81. The number of rotatable bonds is 3.